The largest absolute Gasteiger partial charge is 0.507 e. The van der Waals surface area contributed by atoms with Gasteiger partial charge in [-0.15, -0.1) is 0 Å². The van der Waals surface area contributed by atoms with E-state index in [1.54, 1.807) is 36.7 Å². The van der Waals surface area contributed by atoms with Gasteiger partial charge in [0.25, 0.3) is 11.7 Å². The van der Waals surface area contributed by atoms with Gasteiger partial charge in [-0.3, -0.25) is 14.6 Å². The van der Waals surface area contributed by atoms with Gasteiger partial charge in [-0.1, -0.05) is 61.0 Å². The van der Waals surface area contributed by atoms with Crippen molar-refractivity contribution < 1.29 is 19.4 Å². The van der Waals surface area contributed by atoms with Crippen molar-refractivity contribution in [3.63, 3.8) is 0 Å². The Morgan fingerprint density at radius 3 is 2.28 bits per heavy atom. The fraction of sp³-hybridized carbons (Fsp3) is 0.182. The molecule has 0 unspecified atom stereocenters. The average molecular weight is 519 g/mol. The zero-order valence-corrected chi connectivity index (χ0v) is 22.0. The summed E-state index contributed by atoms with van der Waals surface area (Å²) >= 11 is 0. The SMILES string of the molecule is CCc1ccc([C@H]2C(=C(O)c3ccc(OCc4cccc(C)c4)cc3)C(=O)C(=O)N2Cc2ccncc2)cc1. The molecule has 1 aliphatic rings. The van der Waals surface area contributed by atoms with Crippen molar-refractivity contribution in [2.24, 2.45) is 0 Å². The first-order chi connectivity index (χ1) is 18.9. The zero-order valence-electron chi connectivity index (χ0n) is 22.0. The molecule has 0 bridgehead atoms. The monoisotopic (exact) mass is 518 g/mol. The van der Waals surface area contributed by atoms with Crippen molar-refractivity contribution in [1.82, 2.24) is 9.88 Å². The minimum Gasteiger partial charge on any atom is -0.507 e. The van der Waals surface area contributed by atoms with Crippen LogP contribution >= 0.6 is 0 Å². The van der Waals surface area contributed by atoms with Crippen molar-refractivity contribution >= 4 is 17.4 Å². The number of benzene rings is 3. The number of hydrogen-bond acceptors (Lipinski definition) is 5. The molecule has 39 heavy (non-hydrogen) atoms. The second-order valence-corrected chi connectivity index (χ2v) is 9.68. The van der Waals surface area contributed by atoms with Gasteiger partial charge in [-0.05, 0) is 72.0 Å². The van der Waals surface area contributed by atoms with E-state index in [1.807, 2.05) is 61.5 Å². The Morgan fingerprint density at radius 1 is 0.897 bits per heavy atom. The molecule has 1 N–H and O–H groups in total. The number of hydrogen-bond donors (Lipinski definition) is 1. The van der Waals surface area contributed by atoms with Crippen LogP contribution in [0.4, 0.5) is 0 Å². The number of aliphatic hydroxyl groups is 1. The lowest BCUT2D eigenvalue weighted by Crippen LogP contribution is -2.29. The summed E-state index contributed by atoms with van der Waals surface area (Å²) in [5.41, 5.74) is 5.49. The molecule has 2 heterocycles. The van der Waals surface area contributed by atoms with Gasteiger partial charge in [0.05, 0.1) is 11.6 Å². The van der Waals surface area contributed by atoms with Crippen molar-refractivity contribution in [2.45, 2.75) is 39.5 Å². The number of ketones is 1. The number of pyridine rings is 1. The first-order valence-electron chi connectivity index (χ1n) is 13.0. The maximum absolute atomic E-state index is 13.3. The zero-order chi connectivity index (χ0) is 27.4. The van der Waals surface area contributed by atoms with Crippen LogP contribution in [0.2, 0.25) is 0 Å². The van der Waals surface area contributed by atoms with Crippen molar-refractivity contribution in [3.8, 4) is 5.75 Å². The number of carbonyl (C=O) groups excluding carboxylic acids is 2. The number of ether oxygens (including phenoxy) is 1. The van der Waals surface area contributed by atoms with Gasteiger partial charge in [0.2, 0.25) is 0 Å². The third-order valence-electron chi connectivity index (χ3n) is 6.96. The Hall–Kier alpha value is -4.71. The van der Waals surface area contributed by atoms with E-state index in [0.29, 0.717) is 17.9 Å². The van der Waals surface area contributed by atoms with Crippen LogP contribution in [-0.4, -0.2) is 26.7 Å². The highest BCUT2D eigenvalue weighted by Crippen LogP contribution is 2.40. The van der Waals surface area contributed by atoms with E-state index in [1.165, 1.54) is 4.90 Å². The normalized spacial score (nSPS) is 16.5. The summed E-state index contributed by atoms with van der Waals surface area (Å²) < 4.78 is 5.91. The summed E-state index contributed by atoms with van der Waals surface area (Å²) in [5, 5.41) is 11.4. The van der Waals surface area contributed by atoms with E-state index in [2.05, 4.69) is 18.0 Å². The number of likely N-dealkylation sites (tertiary alicyclic amines) is 1. The molecule has 0 aliphatic carbocycles. The smallest absolute Gasteiger partial charge is 0.295 e. The third-order valence-corrected chi connectivity index (χ3v) is 6.96. The molecule has 0 spiro atoms. The second kappa shape index (κ2) is 11.4. The summed E-state index contributed by atoms with van der Waals surface area (Å²) in [5.74, 6) is -0.916. The molecule has 3 aromatic carbocycles. The van der Waals surface area contributed by atoms with Crippen LogP contribution in [-0.2, 0) is 29.2 Å². The molecule has 6 nitrogen and oxygen atoms in total. The van der Waals surface area contributed by atoms with Crippen molar-refractivity contribution in [3.05, 3.63) is 136 Å². The average Bonchev–Trinajstić information content (AvgIpc) is 3.21. The molecule has 1 amide bonds. The lowest BCUT2D eigenvalue weighted by atomic mass is 9.94. The fourth-order valence-electron chi connectivity index (χ4n) is 4.84. The number of carbonyl (C=O) groups is 2. The maximum atomic E-state index is 13.3. The van der Waals surface area contributed by atoms with E-state index in [0.717, 1.165) is 34.2 Å². The van der Waals surface area contributed by atoms with E-state index in [-0.39, 0.29) is 17.9 Å². The third kappa shape index (κ3) is 5.60. The van der Waals surface area contributed by atoms with Crippen molar-refractivity contribution in [1.29, 1.82) is 0 Å². The number of rotatable bonds is 8. The first-order valence-corrected chi connectivity index (χ1v) is 13.0. The summed E-state index contributed by atoms with van der Waals surface area (Å²) in [7, 11) is 0. The molecule has 5 rings (SSSR count). The number of aryl methyl sites for hydroxylation is 2. The quantitative estimate of drug-likeness (QED) is 0.172. The van der Waals surface area contributed by atoms with Crippen LogP contribution in [0.5, 0.6) is 5.75 Å². The molecule has 1 atom stereocenters. The van der Waals surface area contributed by atoms with Gasteiger partial charge in [-0.2, -0.15) is 0 Å². The van der Waals surface area contributed by atoms with Crippen LogP contribution in [0, 0.1) is 6.92 Å². The number of aromatic nitrogens is 1. The molecule has 0 radical (unpaired) electrons. The second-order valence-electron chi connectivity index (χ2n) is 9.68. The van der Waals surface area contributed by atoms with Crippen LogP contribution in [0.25, 0.3) is 5.76 Å². The maximum Gasteiger partial charge on any atom is 0.295 e. The van der Waals surface area contributed by atoms with E-state index in [9.17, 15) is 14.7 Å². The Kier molecular flexibility index (Phi) is 7.55. The lowest BCUT2D eigenvalue weighted by Gasteiger charge is -2.25. The minimum absolute atomic E-state index is 0.0757. The van der Waals surface area contributed by atoms with Gasteiger partial charge in [0.1, 0.15) is 18.1 Å². The minimum atomic E-state index is -0.721. The molecule has 6 heteroatoms. The highest BCUT2D eigenvalue weighted by Gasteiger charge is 2.46. The predicted molar refractivity (Wildman–Crippen MR) is 150 cm³/mol. The first kappa shape index (κ1) is 25.9. The summed E-state index contributed by atoms with van der Waals surface area (Å²) in [6, 6.07) is 25.7. The predicted octanol–water partition coefficient (Wildman–Crippen LogP) is 6.15. The number of amides is 1. The Morgan fingerprint density at radius 2 is 1.62 bits per heavy atom. The number of Topliss-reactive ketones (excluding diaryl/α,β-unsaturated/α-hetero) is 1. The van der Waals surface area contributed by atoms with Crippen LogP contribution in [0.15, 0.2) is 103 Å². The van der Waals surface area contributed by atoms with Crippen LogP contribution in [0.1, 0.15) is 46.3 Å². The lowest BCUT2D eigenvalue weighted by molar-refractivity contribution is -0.140. The molecule has 196 valence electrons. The Balaban J connectivity index is 1.47. The summed E-state index contributed by atoms with van der Waals surface area (Å²) in [6.45, 7) is 4.74. The number of nitrogens with zero attached hydrogens (tertiary/aromatic N) is 2. The summed E-state index contributed by atoms with van der Waals surface area (Å²) in [6.07, 6.45) is 4.18. The standard InChI is InChI=1S/C33H30N2O4/c1-3-23-7-9-26(10-8-23)30-29(32(37)33(38)35(30)20-24-15-17-34-18-16-24)31(36)27-11-13-28(14-12-27)39-21-25-6-4-5-22(2)19-25/h4-19,30,36H,3,20-21H2,1-2H3/t30-/m0/s1. The van der Waals surface area contributed by atoms with Crippen molar-refractivity contribution in [2.75, 3.05) is 0 Å². The number of aliphatic hydroxyl groups excluding tert-OH is 1. The molecular formula is C33H30N2O4. The van der Waals surface area contributed by atoms with E-state index >= 15 is 0 Å². The molecule has 1 saturated heterocycles. The highest BCUT2D eigenvalue weighted by molar-refractivity contribution is 6.46. The van der Waals surface area contributed by atoms with Gasteiger partial charge >= 0.3 is 0 Å². The van der Waals surface area contributed by atoms with E-state index in [4.69, 9.17) is 4.74 Å². The van der Waals surface area contributed by atoms with Gasteiger partial charge < -0.3 is 14.7 Å². The summed E-state index contributed by atoms with van der Waals surface area (Å²) in [4.78, 5) is 32.2. The van der Waals surface area contributed by atoms with Gasteiger partial charge in [-0.25, -0.2) is 0 Å². The Labute approximate surface area is 228 Å². The molecule has 1 aliphatic heterocycles. The van der Waals surface area contributed by atoms with Crippen LogP contribution in [0.3, 0.4) is 0 Å². The molecular weight excluding hydrogens is 488 g/mol. The molecule has 1 aromatic heterocycles. The Bertz CT molecular complexity index is 1510. The van der Waals surface area contributed by atoms with Crippen LogP contribution < -0.4 is 4.74 Å². The van der Waals surface area contributed by atoms with Gasteiger partial charge in [0, 0.05) is 24.5 Å². The molecule has 4 aromatic rings. The fourth-order valence-corrected chi connectivity index (χ4v) is 4.84. The van der Waals surface area contributed by atoms with Gasteiger partial charge in [0.15, 0.2) is 0 Å². The topological polar surface area (TPSA) is 79.7 Å². The molecule has 0 saturated carbocycles. The molecule has 1 fully saturated rings. The van der Waals surface area contributed by atoms with E-state index < -0.39 is 17.7 Å². The highest BCUT2D eigenvalue weighted by atomic mass is 16.5.